The molecule has 0 aromatic carbocycles. The smallest absolute Gasteiger partial charge is 0.306 e. The van der Waals surface area contributed by atoms with Gasteiger partial charge in [-0.3, -0.25) is 9.59 Å². The molecule has 3 nitrogen and oxygen atoms in total. The van der Waals surface area contributed by atoms with Crippen LogP contribution in [0.25, 0.3) is 0 Å². The largest absolute Gasteiger partial charge is 0.458 e. The van der Waals surface area contributed by atoms with Gasteiger partial charge in [0.15, 0.2) is 5.78 Å². The van der Waals surface area contributed by atoms with Gasteiger partial charge in [-0.1, -0.05) is 33.3 Å². The van der Waals surface area contributed by atoms with Crippen LogP contribution in [-0.2, 0) is 14.3 Å². The summed E-state index contributed by atoms with van der Waals surface area (Å²) in [6.07, 6.45) is 9.07. The predicted molar refractivity (Wildman–Crippen MR) is 106 cm³/mol. The van der Waals surface area contributed by atoms with E-state index in [-0.39, 0.29) is 22.4 Å². The molecule has 1 aliphatic heterocycles. The summed E-state index contributed by atoms with van der Waals surface area (Å²) in [7, 11) is 0. The van der Waals surface area contributed by atoms with Gasteiger partial charge in [-0.25, -0.2) is 0 Å². The lowest BCUT2D eigenvalue weighted by atomic mass is 9.41. The second-order valence-corrected chi connectivity index (χ2v) is 11.7. The number of fused-ring (bicyclic) bond motifs is 9. The summed E-state index contributed by atoms with van der Waals surface area (Å²) in [5.41, 5.74) is 1.64. The number of carbonyl (C=O) groups excluding carboxylic acids is 2. The first-order chi connectivity index (χ1) is 13.2. The maximum absolute atomic E-state index is 12.2. The zero-order valence-corrected chi connectivity index (χ0v) is 17.8. The average molecular weight is 383 g/mol. The van der Waals surface area contributed by atoms with Crippen LogP contribution in [0.2, 0.25) is 0 Å². The van der Waals surface area contributed by atoms with Crippen LogP contribution in [0.15, 0.2) is 11.6 Å². The van der Waals surface area contributed by atoms with Crippen molar-refractivity contribution < 1.29 is 14.3 Å². The van der Waals surface area contributed by atoms with E-state index in [0.717, 1.165) is 25.2 Å². The Balaban J connectivity index is 1.45. The van der Waals surface area contributed by atoms with Crippen molar-refractivity contribution in [1.29, 1.82) is 0 Å². The van der Waals surface area contributed by atoms with Crippen molar-refractivity contribution >= 4 is 11.8 Å². The van der Waals surface area contributed by atoms with Crippen molar-refractivity contribution in [3.63, 3.8) is 0 Å². The minimum Gasteiger partial charge on any atom is -0.458 e. The monoisotopic (exact) mass is 382 g/mol. The fourth-order valence-corrected chi connectivity index (χ4v) is 9.61. The Labute approximate surface area is 168 Å². The SMILES string of the molecule is CC1C2=CC(=O)CCC2(C)C2CC[C@@]3(C)C(C4CC4[C@@]34CCC(=O)O4)C2C1C. The number of hydrogen-bond donors (Lipinski definition) is 0. The maximum Gasteiger partial charge on any atom is 0.306 e. The van der Waals surface area contributed by atoms with E-state index in [1.807, 2.05) is 6.08 Å². The Kier molecular flexibility index (Phi) is 3.25. The Morgan fingerprint density at radius 1 is 1.04 bits per heavy atom. The third kappa shape index (κ3) is 1.80. The van der Waals surface area contributed by atoms with Gasteiger partial charge in [0.25, 0.3) is 0 Å². The molecule has 1 saturated heterocycles. The molecule has 4 saturated carbocycles. The van der Waals surface area contributed by atoms with Crippen molar-refractivity contribution in [1.82, 2.24) is 0 Å². The molecule has 0 bridgehead atoms. The van der Waals surface area contributed by atoms with E-state index in [1.54, 1.807) is 0 Å². The number of ether oxygens (including phenoxy) is 1. The lowest BCUT2D eigenvalue weighted by molar-refractivity contribution is -0.181. The van der Waals surface area contributed by atoms with Gasteiger partial charge < -0.3 is 4.74 Å². The van der Waals surface area contributed by atoms with E-state index in [9.17, 15) is 9.59 Å². The van der Waals surface area contributed by atoms with Crippen LogP contribution in [0.5, 0.6) is 0 Å². The van der Waals surface area contributed by atoms with Crippen LogP contribution in [-0.4, -0.2) is 17.4 Å². The summed E-state index contributed by atoms with van der Waals surface area (Å²) >= 11 is 0. The molecule has 6 rings (SSSR count). The van der Waals surface area contributed by atoms with Gasteiger partial charge in [0.1, 0.15) is 5.60 Å². The molecule has 5 aliphatic carbocycles. The van der Waals surface area contributed by atoms with E-state index in [0.29, 0.717) is 47.7 Å². The average Bonchev–Trinajstić information content (AvgIpc) is 3.30. The molecule has 0 amide bonds. The molecule has 1 heterocycles. The summed E-state index contributed by atoms with van der Waals surface area (Å²) in [5.74, 6) is 4.93. The summed E-state index contributed by atoms with van der Waals surface area (Å²) in [6, 6.07) is 0. The van der Waals surface area contributed by atoms with Crippen molar-refractivity contribution in [3.8, 4) is 0 Å². The van der Waals surface area contributed by atoms with E-state index < -0.39 is 0 Å². The van der Waals surface area contributed by atoms with Gasteiger partial charge >= 0.3 is 5.97 Å². The number of esters is 1. The Morgan fingerprint density at radius 3 is 2.54 bits per heavy atom. The summed E-state index contributed by atoms with van der Waals surface area (Å²) in [5, 5.41) is 0. The minimum atomic E-state index is -0.160. The first kappa shape index (κ1) is 17.7. The standard InChI is InChI=1S/C25H34O3/c1-13-14(2)21-17(23(3)8-5-15(26)11-18(13)23)6-9-24(4)22(21)16-12-19(16)25(24)10-7-20(27)28-25/h11,13-14,16-17,19,21-22H,5-10,12H2,1-4H3/t13?,14?,16?,17?,19?,21?,22?,23?,24-,25-/m0/s1. The summed E-state index contributed by atoms with van der Waals surface area (Å²) in [4.78, 5) is 24.4. The highest BCUT2D eigenvalue weighted by Crippen LogP contribution is 2.80. The Bertz CT molecular complexity index is 813. The third-order valence-corrected chi connectivity index (χ3v) is 11.0. The highest BCUT2D eigenvalue weighted by molar-refractivity contribution is 5.91. The van der Waals surface area contributed by atoms with Gasteiger partial charge in [-0.05, 0) is 79.1 Å². The van der Waals surface area contributed by atoms with Crippen LogP contribution in [0.4, 0.5) is 0 Å². The molecule has 6 aliphatic rings. The Morgan fingerprint density at radius 2 is 1.82 bits per heavy atom. The normalized spacial score (nSPS) is 59.1. The second-order valence-electron chi connectivity index (χ2n) is 11.7. The molecular weight excluding hydrogens is 348 g/mol. The first-order valence-corrected chi connectivity index (χ1v) is 11.7. The summed E-state index contributed by atoms with van der Waals surface area (Å²) in [6.45, 7) is 9.78. The minimum absolute atomic E-state index is 0.0442. The molecule has 0 radical (unpaired) electrons. The zero-order chi connectivity index (χ0) is 19.6. The van der Waals surface area contributed by atoms with Crippen LogP contribution >= 0.6 is 0 Å². The molecule has 10 atom stereocenters. The van der Waals surface area contributed by atoms with E-state index >= 15 is 0 Å². The highest BCUT2D eigenvalue weighted by atomic mass is 16.6. The van der Waals surface area contributed by atoms with Gasteiger partial charge in [-0.15, -0.1) is 0 Å². The molecule has 1 spiro atoms. The van der Waals surface area contributed by atoms with Gasteiger partial charge in [0.05, 0.1) is 0 Å². The quantitative estimate of drug-likeness (QED) is 0.557. The third-order valence-electron chi connectivity index (χ3n) is 11.0. The molecule has 0 aromatic heterocycles. The van der Waals surface area contributed by atoms with E-state index in [2.05, 4.69) is 27.7 Å². The second kappa shape index (κ2) is 5.13. The fraction of sp³-hybridized carbons (Fsp3) is 0.840. The lowest BCUT2D eigenvalue weighted by Gasteiger charge is -2.63. The van der Waals surface area contributed by atoms with Gasteiger partial charge in [0, 0.05) is 24.2 Å². The van der Waals surface area contributed by atoms with Crippen LogP contribution < -0.4 is 0 Å². The molecule has 0 N–H and O–H groups in total. The van der Waals surface area contributed by atoms with Gasteiger partial charge in [0.2, 0.25) is 0 Å². The number of hydrogen-bond acceptors (Lipinski definition) is 3. The van der Waals surface area contributed by atoms with Crippen LogP contribution in [0.1, 0.15) is 72.6 Å². The molecular formula is C25H34O3. The maximum atomic E-state index is 12.2. The van der Waals surface area contributed by atoms with Crippen molar-refractivity contribution in [2.24, 2.45) is 52.3 Å². The molecule has 3 heteroatoms. The molecule has 28 heavy (non-hydrogen) atoms. The first-order valence-electron chi connectivity index (χ1n) is 11.7. The Hall–Kier alpha value is -1.12. The van der Waals surface area contributed by atoms with Crippen LogP contribution in [0.3, 0.4) is 0 Å². The van der Waals surface area contributed by atoms with Crippen molar-refractivity contribution in [2.45, 2.75) is 78.2 Å². The van der Waals surface area contributed by atoms with E-state index in [1.165, 1.54) is 24.8 Å². The highest BCUT2D eigenvalue weighted by Gasteiger charge is 2.79. The number of carbonyl (C=O) groups is 2. The number of ketones is 1. The lowest BCUT2D eigenvalue weighted by Crippen LogP contribution is -2.59. The zero-order valence-electron chi connectivity index (χ0n) is 17.8. The molecule has 0 aromatic rings. The fourth-order valence-electron chi connectivity index (χ4n) is 9.61. The predicted octanol–water partition coefficient (Wildman–Crippen LogP) is 4.94. The van der Waals surface area contributed by atoms with Crippen molar-refractivity contribution in [3.05, 3.63) is 11.6 Å². The molecule has 5 fully saturated rings. The van der Waals surface area contributed by atoms with E-state index in [4.69, 9.17) is 4.74 Å². The topological polar surface area (TPSA) is 43.4 Å². The molecule has 8 unspecified atom stereocenters. The molecule has 152 valence electrons. The van der Waals surface area contributed by atoms with Gasteiger partial charge in [-0.2, -0.15) is 0 Å². The summed E-state index contributed by atoms with van der Waals surface area (Å²) < 4.78 is 6.23. The van der Waals surface area contributed by atoms with Crippen molar-refractivity contribution in [2.75, 3.05) is 0 Å². The number of allylic oxidation sites excluding steroid dienone is 1. The van der Waals surface area contributed by atoms with Crippen LogP contribution in [0, 0.1) is 52.3 Å². The number of rotatable bonds is 0.